The molecule has 2 atom stereocenters. The highest BCUT2D eigenvalue weighted by Crippen LogP contribution is 2.28. The Morgan fingerprint density at radius 1 is 1.67 bits per heavy atom. The van der Waals surface area contributed by atoms with E-state index in [1.807, 2.05) is 23.9 Å². The maximum Gasteiger partial charge on any atom is 0.0945 e. The second-order valence-corrected chi connectivity index (χ2v) is 4.65. The van der Waals surface area contributed by atoms with Crippen molar-refractivity contribution in [3.63, 3.8) is 0 Å². The molecular formula is C12H18N2O. The Labute approximate surface area is 90.5 Å². The van der Waals surface area contributed by atoms with Gasteiger partial charge in [-0.25, -0.2) is 4.98 Å². The SMILES string of the molecule is CC1C=CC(O)(Cc2cncn2C)CC1. The van der Waals surface area contributed by atoms with E-state index in [9.17, 15) is 5.11 Å². The lowest BCUT2D eigenvalue weighted by molar-refractivity contribution is 0.0683. The molecule has 0 radical (unpaired) electrons. The molecule has 0 aliphatic heterocycles. The zero-order valence-corrected chi connectivity index (χ0v) is 9.35. The van der Waals surface area contributed by atoms with Crippen LogP contribution in [0.15, 0.2) is 24.7 Å². The van der Waals surface area contributed by atoms with Gasteiger partial charge < -0.3 is 9.67 Å². The molecule has 2 rings (SSSR count). The highest BCUT2D eigenvalue weighted by Gasteiger charge is 2.28. The van der Waals surface area contributed by atoms with Crippen LogP contribution in [0.4, 0.5) is 0 Å². The van der Waals surface area contributed by atoms with Crippen molar-refractivity contribution >= 4 is 0 Å². The molecule has 0 spiro atoms. The molecule has 0 aromatic carbocycles. The van der Waals surface area contributed by atoms with Crippen LogP contribution in [0, 0.1) is 5.92 Å². The summed E-state index contributed by atoms with van der Waals surface area (Å²) in [6.07, 6.45) is 10.2. The summed E-state index contributed by atoms with van der Waals surface area (Å²) in [5.74, 6) is 0.594. The van der Waals surface area contributed by atoms with Crippen molar-refractivity contribution in [1.82, 2.24) is 9.55 Å². The molecule has 1 aliphatic carbocycles. The van der Waals surface area contributed by atoms with E-state index in [1.165, 1.54) is 0 Å². The number of aryl methyl sites for hydroxylation is 1. The Balaban J connectivity index is 2.12. The Morgan fingerprint density at radius 2 is 2.47 bits per heavy atom. The van der Waals surface area contributed by atoms with E-state index in [-0.39, 0.29) is 0 Å². The molecule has 2 unspecified atom stereocenters. The molecule has 3 nitrogen and oxygen atoms in total. The van der Waals surface area contributed by atoms with Crippen LogP contribution in [-0.2, 0) is 13.5 Å². The van der Waals surface area contributed by atoms with Crippen LogP contribution in [0.1, 0.15) is 25.5 Å². The number of imidazole rings is 1. The molecule has 1 aliphatic rings. The third-order valence-corrected chi connectivity index (χ3v) is 3.17. The molecule has 1 aromatic heterocycles. The number of hydrogen-bond donors (Lipinski definition) is 1. The topological polar surface area (TPSA) is 38.1 Å². The summed E-state index contributed by atoms with van der Waals surface area (Å²) >= 11 is 0. The van der Waals surface area contributed by atoms with Crippen molar-refractivity contribution in [2.75, 3.05) is 0 Å². The fourth-order valence-corrected chi connectivity index (χ4v) is 2.02. The number of hydrogen-bond acceptors (Lipinski definition) is 2. The maximum atomic E-state index is 10.4. The average molecular weight is 206 g/mol. The van der Waals surface area contributed by atoms with Gasteiger partial charge in [-0.05, 0) is 18.8 Å². The summed E-state index contributed by atoms with van der Waals surface area (Å²) in [5, 5.41) is 10.4. The Hall–Kier alpha value is -1.09. The molecule has 82 valence electrons. The van der Waals surface area contributed by atoms with Crippen LogP contribution in [-0.4, -0.2) is 20.3 Å². The third-order valence-electron chi connectivity index (χ3n) is 3.17. The summed E-state index contributed by atoms with van der Waals surface area (Å²) in [6, 6.07) is 0. The minimum absolute atomic E-state index is 0.594. The fraction of sp³-hybridized carbons (Fsp3) is 0.583. The smallest absolute Gasteiger partial charge is 0.0945 e. The molecule has 15 heavy (non-hydrogen) atoms. The van der Waals surface area contributed by atoms with Gasteiger partial charge in [0.05, 0.1) is 11.9 Å². The Kier molecular flexibility index (Phi) is 2.65. The highest BCUT2D eigenvalue weighted by atomic mass is 16.3. The largest absolute Gasteiger partial charge is 0.385 e. The summed E-state index contributed by atoms with van der Waals surface area (Å²) in [6.45, 7) is 2.18. The molecular weight excluding hydrogens is 188 g/mol. The van der Waals surface area contributed by atoms with Gasteiger partial charge in [0, 0.05) is 25.4 Å². The minimum atomic E-state index is -0.666. The molecule has 1 aromatic rings. The predicted molar refractivity (Wildman–Crippen MR) is 59.4 cm³/mol. The molecule has 1 N–H and O–H groups in total. The summed E-state index contributed by atoms with van der Waals surface area (Å²) < 4.78 is 1.96. The van der Waals surface area contributed by atoms with Crippen molar-refractivity contribution in [1.29, 1.82) is 0 Å². The van der Waals surface area contributed by atoms with E-state index >= 15 is 0 Å². The van der Waals surface area contributed by atoms with E-state index in [2.05, 4.69) is 18.0 Å². The van der Waals surface area contributed by atoms with Crippen molar-refractivity contribution in [2.45, 2.75) is 31.8 Å². The Bertz CT molecular complexity index is 369. The molecule has 1 heterocycles. The molecule has 0 saturated carbocycles. The van der Waals surface area contributed by atoms with Crippen molar-refractivity contribution in [3.8, 4) is 0 Å². The van der Waals surface area contributed by atoms with Gasteiger partial charge in [0.1, 0.15) is 0 Å². The molecule has 0 bridgehead atoms. The zero-order valence-electron chi connectivity index (χ0n) is 9.35. The molecule has 0 fully saturated rings. The van der Waals surface area contributed by atoms with E-state index < -0.39 is 5.60 Å². The highest BCUT2D eigenvalue weighted by molar-refractivity contribution is 5.13. The van der Waals surface area contributed by atoms with Crippen LogP contribution in [0.2, 0.25) is 0 Å². The first-order chi connectivity index (χ1) is 7.09. The van der Waals surface area contributed by atoms with Gasteiger partial charge in [0.25, 0.3) is 0 Å². The van der Waals surface area contributed by atoms with Crippen LogP contribution in [0.25, 0.3) is 0 Å². The number of aromatic nitrogens is 2. The van der Waals surface area contributed by atoms with E-state index in [4.69, 9.17) is 0 Å². The van der Waals surface area contributed by atoms with Crippen LogP contribution in [0.5, 0.6) is 0 Å². The fourth-order valence-electron chi connectivity index (χ4n) is 2.02. The molecule has 0 saturated heterocycles. The van der Waals surface area contributed by atoms with Crippen LogP contribution >= 0.6 is 0 Å². The molecule has 3 heteroatoms. The lowest BCUT2D eigenvalue weighted by Gasteiger charge is -2.29. The van der Waals surface area contributed by atoms with Crippen LogP contribution < -0.4 is 0 Å². The zero-order chi connectivity index (χ0) is 10.9. The first kappa shape index (κ1) is 10.4. The number of allylic oxidation sites excluding steroid dienone is 1. The van der Waals surface area contributed by atoms with E-state index in [1.54, 1.807) is 6.33 Å². The second-order valence-electron chi connectivity index (χ2n) is 4.65. The standard InChI is InChI=1S/C12H18N2O/c1-10-3-5-12(15,6-4-10)7-11-8-13-9-14(11)2/h3,5,8-10,15H,4,6-7H2,1-2H3. The van der Waals surface area contributed by atoms with Crippen molar-refractivity contribution in [3.05, 3.63) is 30.4 Å². The van der Waals surface area contributed by atoms with Gasteiger partial charge >= 0.3 is 0 Å². The minimum Gasteiger partial charge on any atom is -0.385 e. The third kappa shape index (κ3) is 2.29. The van der Waals surface area contributed by atoms with Gasteiger partial charge in [-0.2, -0.15) is 0 Å². The van der Waals surface area contributed by atoms with Gasteiger partial charge in [0.2, 0.25) is 0 Å². The van der Waals surface area contributed by atoms with Gasteiger partial charge in [-0.1, -0.05) is 19.1 Å². The number of aliphatic hydroxyl groups is 1. The molecule has 0 amide bonds. The van der Waals surface area contributed by atoms with Gasteiger partial charge in [-0.15, -0.1) is 0 Å². The summed E-state index contributed by atoms with van der Waals surface area (Å²) in [4.78, 5) is 4.06. The van der Waals surface area contributed by atoms with Crippen LogP contribution in [0.3, 0.4) is 0 Å². The quantitative estimate of drug-likeness (QED) is 0.748. The summed E-state index contributed by atoms with van der Waals surface area (Å²) in [7, 11) is 1.96. The maximum absolute atomic E-state index is 10.4. The second kappa shape index (κ2) is 3.81. The van der Waals surface area contributed by atoms with Gasteiger partial charge in [-0.3, -0.25) is 0 Å². The summed E-state index contributed by atoms with van der Waals surface area (Å²) in [5.41, 5.74) is 0.414. The van der Waals surface area contributed by atoms with Crippen molar-refractivity contribution < 1.29 is 5.11 Å². The van der Waals surface area contributed by atoms with E-state index in [0.717, 1.165) is 18.5 Å². The van der Waals surface area contributed by atoms with Gasteiger partial charge in [0.15, 0.2) is 0 Å². The first-order valence-electron chi connectivity index (χ1n) is 5.46. The first-order valence-corrected chi connectivity index (χ1v) is 5.46. The number of nitrogens with zero attached hydrogens (tertiary/aromatic N) is 2. The number of rotatable bonds is 2. The van der Waals surface area contributed by atoms with E-state index in [0.29, 0.717) is 12.3 Å². The Morgan fingerprint density at radius 3 is 3.00 bits per heavy atom. The van der Waals surface area contributed by atoms with Crippen molar-refractivity contribution in [2.24, 2.45) is 13.0 Å². The monoisotopic (exact) mass is 206 g/mol. The average Bonchev–Trinajstić information content (AvgIpc) is 2.58. The lowest BCUT2D eigenvalue weighted by atomic mass is 9.83. The normalized spacial score (nSPS) is 30.7. The predicted octanol–water partition coefficient (Wildman–Crippen LogP) is 1.68. The lowest BCUT2D eigenvalue weighted by Crippen LogP contribution is -2.32.